The number of halogens is 4. The van der Waals surface area contributed by atoms with Crippen LogP contribution >= 0.6 is 11.6 Å². The third-order valence-corrected chi connectivity index (χ3v) is 5.43. The lowest BCUT2D eigenvalue weighted by Crippen LogP contribution is -2.26. The molecule has 0 atom stereocenters. The van der Waals surface area contributed by atoms with Gasteiger partial charge >= 0.3 is 5.97 Å². The highest BCUT2D eigenvalue weighted by Gasteiger charge is 2.26. The summed E-state index contributed by atoms with van der Waals surface area (Å²) >= 11 is 5.65. The van der Waals surface area contributed by atoms with E-state index in [4.69, 9.17) is 16.7 Å². The predicted molar refractivity (Wildman–Crippen MR) is 113 cm³/mol. The Bertz CT molecular complexity index is 1290. The molecule has 2 aromatic carbocycles. The first kappa shape index (κ1) is 24.1. The highest BCUT2D eigenvalue weighted by Crippen LogP contribution is 2.36. The highest BCUT2D eigenvalue weighted by molar-refractivity contribution is 6.30. The van der Waals surface area contributed by atoms with Gasteiger partial charge in [0.05, 0.1) is 17.0 Å². The number of carboxylic acid groups (broad SMARTS) is 1. The van der Waals surface area contributed by atoms with Crippen LogP contribution in [0.1, 0.15) is 34.5 Å². The first-order valence-corrected chi connectivity index (χ1v) is 10.1. The van der Waals surface area contributed by atoms with E-state index < -0.39 is 41.0 Å². The molecule has 0 saturated heterocycles. The van der Waals surface area contributed by atoms with Crippen molar-refractivity contribution in [3.05, 3.63) is 63.6 Å². The van der Waals surface area contributed by atoms with E-state index in [9.17, 15) is 32.7 Å². The van der Waals surface area contributed by atoms with E-state index in [1.54, 1.807) is 0 Å². The van der Waals surface area contributed by atoms with Gasteiger partial charge in [-0.25, -0.2) is 13.2 Å². The Labute approximate surface area is 190 Å². The van der Waals surface area contributed by atoms with Crippen molar-refractivity contribution in [2.24, 2.45) is 0 Å². The van der Waals surface area contributed by atoms with Crippen molar-refractivity contribution in [1.82, 2.24) is 9.88 Å². The number of carbonyl (C=O) groups excluding carboxylic acids is 2. The Morgan fingerprint density at radius 2 is 1.79 bits per heavy atom. The summed E-state index contributed by atoms with van der Waals surface area (Å²) in [4.78, 5) is 35.7. The van der Waals surface area contributed by atoms with Gasteiger partial charge in [0.1, 0.15) is 5.82 Å². The van der Waals surface area contributed by atoms with Gasteiger partial charge < -0.3 is 15.5 Å². The van der Waals surface area contributed by atoms with Crippen molar-refractivity contribution in [1.29, 1.82) is 0 Å². The van der Waals surface area contributed by atoms with Gasteiger partial charge in [0.25, 0.3) is 5.91 Å². The summed E-state index contributed by atoms with van der Waals surface area (Å²) < 4.78 is 43.8. The predicted octanol–water partition coefficient (Wildman–Crippen LogP) is 3.94. The van der Waals surface area contributed by atoms with E-state index in [0.717, 1.165) is 16.7 Å². The zero-order valence-electron chi connectivity index (χ0n) is 17.2. The minimum atomic E-state index is -1.30. The van der Waals surface area contributed by atoms with Gasteiger partial charge in [-0.05, 0) is 37.1 Å². The number of hydrogen-bond acceptors (Lipinski definition) is 4. The molecule has 0 saturated carbocycles. The average Bonchev–Trinajstić information content (AvgIpc) is 3.02. The lowest BCUT2D eigenvalue weighted by molar-refractivity contribution is -0.136. The summed E-state index contributed by atoms with van der Waals surface area (Å²) in [6, 6.07) is 4.09. The van der Waals surface area contributed by atoms with Crippen molar-refractivity contribution in [3.8, 4) is 5.75 Å². The molecule has 0 bridgehead atoms. The Morgan fingerprint density at radius 1 is 1.09 bits per heavy atom. The summed E-state index contributed by atoms with van der Waals surface area (Å²) in [7, 11) is 0. The quantitative estimate of drug-likeness (QED) is 0.472. The molecule has 0 unspecified atom stereocenters. The maximum absolute atomic E-state index is 14.9. The van der Waals surface area contributed by atoms with Crippen LogP contribution in [-0.4, -0.2) is 39.1 Å². The zero-order valence-corrected chi connectivity index (χ0v) is 18.0. The van der Waals surface area contributed by atoms with Gasteiger partial charge in [-0.1, -0.05) is 11.6 Å². The molecule has 1 amide bonds. The molecule has 0 aliphatic carbocycles. The Kier molecular flexibility index (Phi) is 6.97. The number of aliphatic carboxylic acids is 1. The summed E-state index contributed by atoms with van der Waals surface area (Å²) in [5.41, 5.74) is -0.0211. The van der Waals surface area contributed by atoms with Crippen LogP contribution in [0.3, 0.4) is 0 Å². The second kappa shape index (κ2) is 9.53. The van der Waals surface area contributed by atoms with Crippen molar-refractivity contribution >= 4 is 40.3 Å². The number of carbonyl (C=O) groups is 3. The van der Waals surface area contributed by atoms with E-state index in [1.165, 1.54) is 19.1 Å². The molecule has 3 aromatic rings. The third kappa shape index (κ3) is 4.80. The standard InChI is InChI=1S/C22H18ClF3N2O5/c1-10-12(3-5-17(29)27-7-6-18(30)31)19-16(9-15(25)21(32)20(19)26)28(10)22(33)11-2-4-13(23)14(24)8-11/h2,4,8-9,32H,3,5-7H2,1H3,(H,27,29)(H,30,31). The topological polar surface area (TPSA) is 109 Å². The molecular weight excluding hydrogens is 465 g/mol. The molecule has 1 heterocycles. The largest absolute Gasteiger partial charge is 0.503 e. The fourth-order valence-corrected chi connectivity index (χ4v) is 3.64. The molecule has 0 aliphatic heterocycles. The van der Waals surface area contributed by atoms with E-state index in [0.29, 0.717) is 0 Å². The number of rotatable bonds is 7. The number of fused-ring (bicyclic) bond motifs is 1. The summed E-state index contributed by atoms with van der Waals surface area (Å²) in [5.74, 6) is -7.10. The molecule has 33 heavy (non-hydrogen) atoms. The summed E-state index contributed by atoms with van der Waals surface area (Å²) in [6.45, 7) is 1.34. The van der Waals surface area contributed by atoms with Gasteiger partial charge in [-0.2, -0.15) is 0 Å². The number of nitrogens with zero attached hydrogens (tertiary/aromatic N) is 1. The molecule has 3 rings (SSSR count). The van der Waals surface area contributed by atoms with Gasteiger partial charge in [0, 0.05) is 35.7 Å². The van der Waals surface area contributed by atoms with E-state index in [2.05, 4.69) is 5.32 Å². The molecule has 1 aromatic heterocycles. The number of aromatic nitrogens is 1. The SMILES string of the molecule is Cc1c(CCC(=O)NCCC(=O)O)c2c(F)c(O)c(F)cc2n1C(=O)c1ccc(Cl)c(F)c1. The van der Waals surface area contributed by atoms with Crippen LogP contribution in [-0.2, 0) is 16.0 Å². The van der Waals surface area contributed by atoms with Crippen molar-refractivity contribution in [2.45, 2.75) is 26.2 Å². The number of phenols is 1. The van der Waals surface area contributed by atoms with Crippen LogP contribution < -0.4 is 5.32 Å². The van der Waals surface area contributed by atoms with Gasteiger partial charge in [-0.3, -0.25) is 19.0 Å². The highest BCUT2D eigenvalue weighted by atomic mass is 35.5. The number of hydrogen-bond donors (Lipinski definition) is 3. The number of amides is 1. The number of aromatic hydroxyl groups is 1. The third-order valence-electron chi connectivity index (χ3n) is 5.12. The molecular formula is C22H18ClF3N2O5. The molecule has 0 fully saturated rings. The maximum atomic E-state index is 14.9. The smallest absolute Gasteiger partial charge is 0.305 e. The Balaban J connectivity index is 2.05. The molecule has 7 nitrogen and oxygen atoms in total. The minimum Gasteiger partial charge on any atom is -0.503 e. The lowest BCUT2D eigenvalue weighted by Gasteiger charge is -2.09. The molecule has 3 N–H and O–H groups in total. The molecule has 174 valence electrons. The fourth-order valence-electron chi connectivity index (χ4n) is 3.52. The van der Waals surface area contributed by atoms with E-state index in [-0.39, 0.29) is 58.6 Å². The Morgan fingerprint density at radius 3 is 2.42 bits per heavy atom. The van der Waals surface area contributed by atoms with E-state index in [1.807, 2.05) is 0 Å². The lowest BCUT2D eigenvalue weighted by atomic mass is 10.0. The Hall–Kier alpha value is -3.53. The average molecular weight is 483 g/mol. The van der Waals surface area contributed by atoms with Crippen LogP contribution in [0.2, 0.25) is 5.02 Å². The van der Waals surface area contributed by atoms with Crippen LogP contribution in [0.25, 0.3) is 10.9 Å². The van der Waals surface area contributed by atoms with E-state index >= 15 is 0 Å². The molecule has 0 aliphatic rings. The van der Waals surface area contributed by atoms with Crippen LogP contribution in [0.4, 0.5) is 13.2 Å². The molecule has 11 heteroatoms. The zero-order chi connectivity index (χ0) is 24.4. The number of nitrogens with one attached hydrogen (secondary N) is 1. The number of carboxylic acids is 1. The van der Waals surface area contributed by atoms with Gasteiger partial charge in [0.2, 0.25) is 5.91 Å². The molecule has 0 spiro atoms. The first-order valence-electron chi connectivity index (χ1n) is 9.72. The van der Waals surface area contributed by atoms with Crippen molar-refractivity contribution < 1.29 is 37.8 Å². The van der Waals surface area contributed by atoms with Crippen LogP contribution in [0.5, 0.6) is 5.75 Å². The van der Waals surface area contributed by atoms with Crippen molar-refractivity contribution in [2.75, 3.05) is 6.54 Å². The monoisotopic (exact) mass is 482 g/mol. The number of benzene rings is 2. The minimum absolute atomic E-state index is 0.0987. The summed E-state index contributed by atoms with van der Waals surface area (Å²) in [5, 5.41) is 20.3. The maximum Gasteiger partial charge on any atom is 0.305 e. The van der Waals surface area contributed by atoms with Crippen LogP contribution in [0, 0.1) is 24.4 Å². The van der Waals surface area contributed by atoms with Gasteiger partial charge in [-0.15, -0.1) is 0 Å². The second-order valence-electron chi connectivity index (χ2n) is 7.24. The normalized spacial score (nSPS) is 11.1. The van der Waals surface area contributed by atoms with Gasteiger partial charge in [0.15, 0.2) is 17.4 Å². The second-order valence-corrected chi connectivity index (χ2v) is 7.65. The summed E-state index contributed by atoms with van der Waals surface area (Å²) in [6.07, 6.45) is -0.572. The number of aryl methyl sites for hydroxylation is 1. The molecule has 0 radical (unpaired) electrons. The fraction of sp³-hybridized carbons (Fsp3) is 0.227. The van der Waals surface area contributed by atoms with Crippen LogP contribution in [0.15, 0.2) is 24.3 Å². The number of phenolic OH excluding ortho intramolecular Hbond substituents is 1. The van der Waals surface area contributed by atoms with Crippen molar-refractivity contribution in [3.63, 3.8) is 0 Å². The first-order chi connectivity index (χ1) is 15.5.